The first-order valence-corrected chi connectivity index (χ1v) is 8.23. The van der Waals surface area contributed by atoms with Gasteiger partial charge in [-0.1, -0.05) is 0 Å². The molecule has 2 heterocycles. The summed E-state index contributed by atoms with van der Waals surface area (Å²) in [5.74, 6) is 1.32. The van der Waals surface area contributed by atoms with E-state index in [-0.39, 0.29) is 30.5 Å². The van der Waals surface area contributed by atoms with E-state index in [9.17, 15) is 4.79 Å². The van der Waals surface area contributed by atoms with Crippen LogP contribution in [-0.2, 0) is 16.0 Å². The van der Waals surface area contributed by atoms with Gasteiger partial charge >= 0.3 is 0 Å². The van der Waals surface area contributed by atoms with Gasteiger partial charge in [0.2, 0.25) is 0 Å². The van der Waals surface area contributed by atoms with Crippen molar-refractivity contribution < 1.29 is 19.0 Å². The second-order valence-corrected chi connectivity index (χ2v) is 6.07. The first-order chi connectivity index (χ1) is 11.1. The van der Waals surface area contributed by atoms with E-state index in [1.165, 1.54) is 0 Å². The molecule has 2 aliphatic rings. The Morgan fingerprint density at radius 2 is 2.21 bits per heavy atom. The van der Waals surface area contributed by atoms with E-state index in [1.54, 1.807) is 0 Å². The predicted molar refractivity (Wildman–Crippen MR) is 94.2 cm³/mol. The molecule has 2 aliphatic heterocycles. The van der Waals surface area contributed by atoms with Crippen molar-refractivity contribution in [3.05, 3.63) is 17.7 Å². The molecule has 0 aromatic heterocycles. The summed E-state index contributed by atoms with van der Waals surface area (Å²) in [6, 6.07) is 3.80. The molecular weight excluding hydrogens is 332 g/mol. The van der Waals surface area contributed by atoms with Crippen LogP contribution in [0.2, 0.25) is 0 Å². The van der Waals surface area contributed by atoms with Crippen LogP contribution in [0.3, 0.4) is 0 Å². The first-order valence-electron chi connectivity index (χ1n) is 8.23. The maximum Gasteiger partial charge on any atom is 0.253 e. The molecule has 1 aromatic rings. The number of carbonyl (C=O) groups is 1. The Hall–Kier alpha value is -1.50. The highest BCUT2D eigenvalue weighted by Gasteiger charge is 2.31. The Morgan fingerprint density at radius 3 is 2.88 bits per heavy atom. The minimum Gasteiger partial charge on any atom is -0.492 e. The molecule has 1 aromatic carbocycles. The van der Waals surface area contributed by atoms with Gasteiger partial charge in [0.15, 0.2) is 0 Å². The zero-order chi connectivity index (χ0) is 16.4. The molecule has 134 valence electrons. The summed E-state index contributed by atoms with van der Waals surface area (Å²) < 4.78 is 17.1. The van der Waals surface area contributed by atoms with Gasteiger partial charge in [-0.05, 0) is 32.8 Å². The summed E-state index contributed by atoms with van der Waals surface area (Å²) >= 11 is 0. The lowest BCUT2D eigenvalue weighted by Gasteiger charge is -2.16. The SMILES string of the molecule is CCOc1cc2c(cc1NC(=O)[C@@H]1CC[C@H](CN)O1)OC(C)C2.Cl. The minimum absolute atomic E-state index is 0. The quantitative estimate of drug-likeness (QED) is 0.845. The fraction of sp³-hybridized carbons (Fsp3) is 0.588. The number of halogens is 1. The summed E-state index contributed by atoms with van der Waals surface area (Å²) in [4.78, 5) is 12.4. The molecular formula is C17H25ClN2O4. The fourth-order valence-corrected chi connectivity index (χ4v) is 3.10. The van der Waals surface area contributed by atoms with Crippen LogP contribution in [0.1, 0.15) is 32.3 Å². The molecule has 0 spiro atoms. The van der Waals surface area contributed by atoms with Crippen molar-refractivity contribution in [3.63, 3.8) is 0 Å². The average molecular weight is 357 g/mol. The third-order valence-electron chi connectivity index (χ3n) is 4.22. The molecule has 3 rings (SSSR count). The van der Waals surface area contributed by atoms with Crippen LogP contribution in [0.4, 0.5) is 5.69 Å². The molecule has 3 atom stereocenters. The van der Waals surface area contributed by atoms with E-state index in [4.69, 9.17) is 19.9 Å². The number of ether oxygens (including phenoxy) is 3. The monoisotopic (exact) mass is 356 g/mol. The fourth-order valence-electron chi connectivity index (χ4n) is 3.10. The zero-order valence-electron chi connectivity index (χ0n) is 14.0. The predicted octanol–water partition coefficient (Wildman–Crippen LogP) is 2.28. The lowest BCUT2D eigenvalue weighted by atomic mass is 10.1. The minimum atomic E-state index is -0.453. The van der Waals surface area contributed by atoms with Gasteiger partial charge in [0.1, 0.15) is 23.7 Å². The van der Waals surface area contributed by atoms with Crippen LogP contribution in [0, 0.1) is 0 Å². The number of hydrogen-bond donors (Lipinski definition) is 2. The molecule has 1 saturated heterocycles. The van der Waals surface area contributed by atoms with Gasteiger partial charge in [-0.2, -0.15) is 0 Å². The van der Waals surface area contributed by atoms with Gasteiger partial charge < -0.3 is 25.3 Å². The number of nitrogens with one attached hydrogen (secondary N) is 1. The Balaban J connectivity index is 0.00000208. The van der Waals surface area contributed by atoms with Crippen molar-refractivity contribution >= 4 is 24.0 Å². The maximum absolute atomic E-state index is 12.4. The Kier molecular flexibility index (Phi) is 6.32. The molecule has 0 bridgehead atoms. The maximum atomic E-state index is 12.4. The highest BCUT2D eigenvalue weighted by Crippen LogP contribution is 2.38. The Labute approximate surface area is 148 Å². The topological polar surface area (TPSA) is 82.8 Å². The van der Waals surface area contributed by atoms with Gasteiger partial charge in [-0.15, -0.1) is 12.4 Å². The number of anilines is 1. The van der Waals surface area contributed by atoms with Gasteiger partial charge in [0.05, 0.1) is 18.4 Å². The van der Waals surface area contributed by atoms with Crippen molar-refractivity contribution in [2.24, 2.45) is 5.73 Å². The van der Waals surface area contributed by atoms with Gasteiger partial charge in [-0.3, -0.25) is 4.79 Å². The summed E-state index contributed by atoms with van der Waals surface area (Å²) in [7, 11) is 0. The molecule has 7 heteroatoms. The van der Waals surface area contributed by atoms with Crippen LogP contribution >= 0.6 is 12.4 Å². The van der Waals surface area contributed by atoms with Gasteiger partial charge in [0, 0.05) is 24.6 Å². The number of hydrogen-bond acceptors (Lipinski definition) is 5. The van der Waals surface area contributed by atoms with Crippen LogP contribution in [-0.4, -0.2) is 37.4 Å². The Morgan fingerprint density at radius 1 is 1.42 bits per heavy atom. The zero-order valence-corrected chi connectivity index (χ0v) is 14.9. The van der Waals surface area contributed by atoms with Crippen LogP contribution in [0.15, 0.2) is 12.1 Å². The molecule has 1 amide bonds. The van der Waals surface area contributed by atoms with Gasteiger partial charge in [-0.25, -0.2) is 0 Å². The van der Waals surface area contributed by atoms with Gasteiger partial charge in [0.25, 0.3) is 5.91 Å². The van der Waals surface area contributed by atoms with E-state index >= 15 is 0 Å². The number of fused-ring (bicyclic) bond motifs is 1. The molecule has 6 nitrogen and oxygen atoms in total. The molecule has 3 N–H and O–H groups in total. The molecule has 0 saturated carbocycles. The van der Waals surface area contributed by atoms with E-state index < -0.39 is 6.10 Å². The largest absolute Gasteiger partial charge is 0.492 e. The second kappa shape index (κ2) is 8.05. The molecule has 0 radical (unpaired) electrons. The number of nitrogens with two attached hydrogens (primary N) is 1. The standard InChI is InChI=1S/C17H24N2O4.ClH/c1-3-21-16-7-11-6-10(2)22-15(11)8-13(16)19-17(20)14-5-4-12(9-18)23-14;/h7-8,10,12,14H,3-6,9,18H2,1-2H3,(H,19,20);1H/t10?,12-,14+;/m1./s1. The van der Waals surface area contributed by atoms with E-state index in [2.05, 4.69) is 5.32 Å². The smallest absolute Gasteiger partial charge is 0.253 e. The van der Waals surface area contributed by atoms with E-state index in [1.807, 2.05) is 26.0 Å². The summed E-state index contributed by atoms with van der Waals surface area (Å²) in [6.45, 7) is 4.92. The molecule has 24 heavy (non-hydrogen) atoms. The third kappa shape index (κ3) is 3.94. The normalized spacial score (nSPS) is 24.7. The number of benzene rings is 1. The second-order valence-electron chi connectivity index (χ2n) is 6.07. The number of rotatable bonds is 5. The van der Waals surface area contributed by atoms with Crippen LogP contribution in [0.5, 0.6) is 11.5 Å². The third-order valence-corrected chi connectivity index (χ3v) is 4.22. The van der Waals surface area contributed by atoms with E-state index in [0.717, 1.165) is 24.2 Å². The van der Waals surface area contributed by atoms with Crippen molar-refractivity contribution in [2.45, 2.75) is 51.4 Å². The molecule has 1 unspecified atom stereocenters. The number of amides is 1. The summed E-state index contributed by atoms with van der Waals surface area (Å²) in [5, 5.41) is 2.92. The summed E-state index contributed by atoms with van der Waals surface area (Å²) in [5.41, 5.74) is 7.33. The lowest BCUT2D eigenvalue weighted by molar-refractivity contribution is -0.126. The van der Waals surface area contributed by atoms with Crippen LogP contribution in [0.25, 0.3) is 0 Å². The van der Waals surface area contributed by atoms with Crippen molar-refractivity contribution in [3.8, 4) is 11.5 Å². The molecule has 0 aliphatic carbocycles. The van der Waals surface area contributed by atoms with Crippen molar-refractivity contribution in [1.29, 1.82) is 0 Å². The Bertz CT molecular complexity index is 596. The van der Waals surface area contributed by atoms with Crippen molar-refractivity contribution in [2.75, 3.05) is 18.5 Å². The first kappa shape index (κ1) is 18.8. The highest BCUT2D eigenvalue weighted by molar-refractivity contribution is 5.96. The van der Waals surface area contributed by atoms with Crippen molar-refractivity contribution in [1.82, 2.24) is 0 Å². The van der Waals surface area contributed by atoms with Crippen LogP contribution < -0.4 is 20.5 Å². The summed E-state index contributed by atoms with van der Waals surface area (Å²) in [6.07, 6.45) is 2.03. The highest BCUT2D eigenvalue weighted by atomic mass is 35.5. The average Bonchev–Trinajstić information content (AvgIpc) is 3.13. The molecule has 1 fully saturated rings. The van der Waals surface area contributed by atoms with E-state index in [0.29, 0.717) is 31.0 Å². The number of carbonyl (C=O) groups excluding carboxylic acids is 1. The lowest BCUT2D eigenvalue weighted by Crippen LogP contribution is -2.30.